The summed E-state index contributed by atoms with van der Waals surface area (Å²) in [7, 11) is 1.50. The van der Waals surface area contributed by atoms with Crippen molar-refractivity contribution < 1.29 is 4.79 Å². The Morgan fingerprint density at radius 3 is 1.71 bits per heavy atom. The molecule has 0 aliphatic heterocycles. The van der Waals surface area contributed by atoms with Crippen LogP contribution in [0, 0.1) is 0 Å². The second kappa shape index (κ2) is 9.06. The van der Waals surface area contributed by atoms with Crippen LogP contribution in [0.1, 0.15) is 13.3 Å². The fraction of sp³-hybridized carbons (Fsp3) is 0.750. The Morgan fingerprint density at radius 2 is 1.71 bits per heavy atom. The monoisotopic (exact) mass is 104 g/mol. The van der Waals surface area contributed by atoms with Crippen molar-refractivity contribution in [3.63, 3.8) is 0 Å². The zero-order valence-electron chi connectivity index (χ0n) is 4.77. The van der Waals surface area contributed by atoms with Crippen molar-refractivity contribution in [2.24, 2.45) is 11.5 Å². The molecule has 0 saturated carbocycles. The molecule has 0 aromatic carbocycles. The smallest absolute Gasteiger partial charge is 0.217 e. The normalized spacial score (nSPS) is 6.14. The lowest BCUT2D eigenvalue weighted by Gasteiger charge is -1.73. The van der Waals surface area contributed by atoms with Gasteiger partial charge in [0.25, 0.3) is 0 Å². The summed E-state index contributed by atoms with van der Waals surface area (Å²) in [6.45, 7) is 1.72. The molecule has 4 N–H and O–H groups in total. The van der Waals surface area contributed by atoms with Gasteiger partial charge in [-0.05, 0) is 7.05 Å². The van der Waals surface area contributed by atoms with Crippen molar-refractivity contribution in [3.8, 4) is 0 Å². The highest BCUT2D eigenvalue weighted by Gasteiger charge is 1.77. The molecule has 0 fully saturated rings. The summed E-state index contributed by atoms with van der Waals surface area (Å²) in [5.74, 6) is -0.245. The Kier molecular flexibility index (Phi) is 12.5. The van der Waals surface area contributed by atoms with Crippen LogP contribution in [-0.2, 0) is 4.79 Å². The van der Waals surface area contributed by atoms with Gasteiger partial charge in [0.15, 0.2) is 0 Å². The largest absolute Gasteiger partial charge is 0.370 e. The third-order valence-electron chi connectivity index (χ3n) is 0.348. The van der Waals surface area contributed by atoms with Crippen LogP contribution >= 0.6 is 0 Å². The number of primary amides is 1. The van der Waals surface area contributed by atoms with Crippen LogP contribution in [0.3, 0.4) is 0 Å². The third kappa shape index (κ3) is 31.2. The minimum Gasteiger partial charge on any atom is -0.370 e. The summed E-state index contributed by atoms with van der Waals surface area (Å²) in [5, 5.41) is 0. The molecule has 0 bridgehead atoms. The Labute approximate surface area is 43.7 Å². The molecule has 3 nitrogen and oxygen atoms in total. The fourth-order valence-electron chi connectivity index (χ4n) is 0. The Hall–Kier alpha value is -0.570. The van der Waals surface area contributed by atoms with Gasteiger partial charge in [-0.15, -0.1) is 0 Å². The molecule has 7 heavy (non-hydrogen) atoms. The highest BCUT2D eigenvalue weighted by molar-refractivity contribution is 5.73. The minimum atomic E-state index is -0.245. The molecule has 0 rings (SSSR count). The van der Waals surface area contributed by atoms with Crippen LogP contribution in [0.5, 0.6) is 0 Å². The summed E-state index contributed by atoms with van der Waals surface area (Å²) in [6, 6.07) is 0. The summed E-state index contributed by atoms with van der Waals surface area (Å²) < 4.78 is 0. The van der Waals surface area contributed by atoms with Crippen LogP contribution < -0.4 is 11.5 Å². The van der Waals surface area contributed by atoms with Gasteiger partial charge in [0, 0.05) is 6.42 Å². The molecule has 0 heterocycles. The maximum atomic E-state index is 9.59. The van der Waals surface area contributed by atoms with Gasteiger partial charge in [0.1, 0.15) is 0 Å². The van der Waals surface area contributed by atoms with E-state index in [1.165, 1.54) is 7.05 Å². The van der Waals surface area contributed by atoms with E-state index in [-0.39, 0.29) is 5.91 Å². The van der Waals surface area contributed by atoms with E-state index in [1.807, 2.05) is 0 Å². The summed E-state index contributed by atoms with van der Waals surface area (Å²) in [5.41, 5.74) is 9.15. The second-order valence-corrected chi connectivity index (χ2v) is 0.820. The van der Waals surface area contributed by atoms with E-state index in [0.717, 1.165) is 0 Å². The number of carbonyl (C=O) groups excluding carboxylic acids is 1. The first-order chi connectivity index (χ1) is 3.27. The summed E-state index contributed by atoms with van der Waals surface area (Å²) in [6.07, 6.45) is 0.444. The number of hydrogen-bond acceptors (Lipinski definition) is 2. The molecule has 44 valence electrons. The van der Waals surface area contributed by atoms with Gasteiger partial charge < -0.3 is 11.5 Å². The predicted octanol–water partition coefficient (Wildman–Crippen LogP) is -0.543. The van der Waals surface area contributed by atoms with E-state index in [1.54, 1.807) is 6.92 Å². The molecule has 0 aliphatic carbocycles. The fourth-order valence-corrected chi connectivity index (χ4v) is 0. The quantitative estimate of drug-likeness (QED) is 0.469. The van der Waals surface area contributed by atoms with Crippen molar-refractivity contribution >= 4 is 5.91 Å². The van der Waals surface area contributed by atoms with Gasteiger partial charge in [0.05, 0.1) is 0 Å². The molecule has 0 atom stereocenters. The first-order valence-corrected chi connectivity index (χ1v) is 2.13. The van der Waals surface area contributed by atoms with Crippen molar-refractivity contribution in [2.45, 2.75) is 13.3 Å². The first-order valence-electron chi connectivity index (χ1n) is 2.13. The van der Waals surface area contributed by atoms with Gasteiger partial charge >= 0.3 is 0 Å². The van der Waals surface area contributed by atoms with E-state index in [4.69, 9.17) is 0 Å². The highest BCUT2D eigenvalue weighted by atomic mass is 16.1. The van der Waals surface area contributed by atoms with Crippen LogP contribution in [0.15, 0.2) is 0 Å². The van der Waals surface area contributed by atoms with Crippen LogP contribution in [0.2, 0.25) is 0 Å². The van der Waals surface area contributed by atoms with Crippen molar-refractivity contribution in [3.05, 3.63) is 0 Å². The molecule has 3 heteroatoms. The Bertz CT molecular complexity index is 45.0. The lowest BCUT2D eigenvalue weighted by atomic mass is 10.5. The lowest BCUT2D eigenvalue weighted by Crippen LogP contribution is -2.06. The summed E-state index contributed by atoms with van der Waals surface area (Å²) >= 11 is 0. The first kappa shape index (κ1) is 9.66. The number of nitrogens with two attached hydrogens (primary N) is 2. The van der Waals surface area contributed by atoms with Gasteiger partial charge in [-0.2, -0.15) is 0 Å². The minimum absolute atomic E-state index is 0.245. The van der Waals surface area contributed by atoms with Crippen LogP contribution in [0.25, 0.3) is 0 Å². The molecule has 0 saturated heterocycles. The molecule has 0 spiro atoms. The molecular formula is C4H12N2O. The van der Waals surface area contributed by atoms with Crippen LogP contribution in [-0.4, -0.2) is 13.0 Å². The van der Waals surface area contributed by atoms with Crippen LogP contribution in [0.4, 0.5) is 0 Å². The molecule has 0 aromatic heterocycles. The topological polar surface area (TPSA) is 69.1 Å². The van der Waals surface area contributed by atoms with E-state index in [9.17, 15) is 4.79 Å². The molecule has 0 unspecified atom stereocenters. The molecular weight excluding hydrogens is 92.1 g/mol. The van der Waals surface area contributed by atoms with Crippen molar-refractivity contribution in [1.82, 2.24) is 0 Å². The average molecular weight is 104 g/mol. The standard InChI is InChI=1S/C3H7NO.CH5N/c1-2-3(4)5;1-2/h2H2,1H3,(H2,4,5);2H2,1H3. The van der Waals surface area contributed by atoms with Gasteiger partial charge in [-0.3, -0.25) is 4.79 Å². The zero-order valence-corrected chi connectivity index (χ0v) is 4.77. The second-order valence-electron chi connectivity index (χ2n) is 0.820. The zero-order chi connectivity index (χ0) is 6.28. The van der Waals surface area contributed by atoms with Crippen molar-refractivity contribution in [1.29, 1.82) is 0 Å². The highest BCUT2D eigenvalue weighted by Crippen LogP contribution is 1.63. The van der Waals surface area contributed by atoms with Gasteiger partial charge in [-0.1, -0.05) is 6.92 Å². The Morgan fingerprint density at radius 1 is 1.57 bits per heavy atom. The maximum Gasteiger partial charge on any atom is 0.217 e. The van der Waals surface area contributed by atoms with E-state index < -0.39 is 0 Å². The van der Waals surface area contributed by atoms with E-state index >= 15 is 0 Å². The molecule has 0 aromatic rings. The van der Waals surface area contributed by atoms with E-state index in [0.29, 0.717) is 6.42 Å². The number of amides is 1. The molecule has 0 aliphatic rings. The number of rotatable bonds is 1. The number of hydrogen-bond donors (Lipinski definition) is 2. The predicted molar refractivity (Wildman–Crippen MR) is 29.6 cm³/mol. The van der Waals surface area contributed by atoms with Gasteiger partial charge in [-0.25, -0.2) is 0 Å². The third-order valence-corrected chi connectivity index (χ3v) is 0.348. The SMILES string of the molecule is CCC(N)=O.CN. The Balaban J connectivity index is 0. The molecule has 1 amide bonds. The average Bonchev–Trinajstić information content (AvgIpc) is 1.73. The van der Waals surface area contributed by atoms with Gasteiger partial charge in [0.2, 0.25) is 5.91 Å². The lowest BCUT2D eigenvalue weighted by molar-refractivity contribution is -0.117. The molecule has 0 radical (unpaired) electrons. The summed E-state index contributed by atoms with van der Waals surface area (Å²) in [4.78, 5) is 9.59. The maximum absolute atomic E-state index is 9.59. The van der Waals surface area contributed by atoms with E-state index in [2.05, 4.69) is 11.5 Å². The van der Waals surface area contributed by atoms with Crippen molar-refractivity contribution in [2.75, 3.05) is 7.05 Å². The number of carbonyl (C=O) groups is 1.